The Morgan fingerprint density at radius 2 is 2.45 bits per heavy atom. The maximum absolute atomic E-state index is 5.76. The first-order chi connectivity index (χ1) is 5.33. The van der Waals surface area contributed by atoms with Crippen LogP contribution in [0.1, 0.15) is 19.8 Å². The Balaban J connectivity index is 2.23. The molecule has 1 rings (SSSR count). The van der Waals surface area contributed by atoms with E-state index in [9.17, 15) is 0 Å². The molecule has 0 fully saturated rings. The van der Waals surface area contributed by atoms with Crippen molar-refractivity contribution in [2.24, 2.45) is 5.73 Å². The van der Waals surface area contributed by atoms with Gasteiger partial charge >= 0.3 is 0 Å². The standard InChI is InChI=1S/C8H15N3/c1-2-8(9)3-5-11-6-4-10-7-11/h4,6-8H,2-3,5,9H2,1H3. The van der Waals surface area contributed by atoms with Crippen molar-refractivity contribution in [2.75, 3.05) is 0 Å². The van der Waals surface area contributed by atoms with Crippen LogP contribution in [0, 0.1) is 0 Å². The highest BCUT2D eigenvalue weighted by Crippen LogP contribution is 1.96. The molecule has 0 aliphatic rings. The molecule has 1 aromatic rings. The van der Waals surface area contributed by atoms with Crippen molar-refractivity contribution in [3.63, 3.8) is 0 Å². The number of rotatable bonds is 4. The van der Waals surface area contributed by atoms with Gasteiger partial charge in [-0.15, -0.1) is 0 Å². The number of nitrogens with two attached hydrogens (primary N) is 1. The number of aromatic nitrogens is 2. The maximum Gasteiger partial charge on any atom is 0.0945 e. The summed E-state index contributed by atoms with van der Waals surface area (Å²) in [5.74, 6) is 0. The fourth-order valence-corrected chi connectivity index (χ4v) is 0.938. The molecule has 0 saturated heterocycles. The van der Waals surface area contributed by atoms with E-state index in [1.165, 1.54) is 0 Å². The zero-order valence-electron chi connectivity index (χ0n) is 6.90. The Bertz CT molecular complexity index is 181. The summed E-state index contributed by atoms with van der Waals surface area (Å²) in [5, 5.41) is 0. The minimum absolute atomic E-state index is 0.331. The highest BCUT2D eigenvalue weighted by molar-refractivity contribution is 4.74. The smallest absolute Gasteiger partial charge is 0.0945 e. The minimum atomic E-state index is 0.331. The van der Waals surface area contributed by atoms with Gasteiger partial charge in [-0.05, 0) is 12.8 Å². The summed E-state index contributed by atoms with van der Waals surface area (Å²) in [5.41, 5.74) is 5.76. The molecule has 0 aliphatic carbocycles. The average Bonchev–Trinajstić information content (AvgIpc) is 2.52. The summed E-state index contributed by atoms with van der Waals surface area (Å²) in [6.45, 7) is 3.09. The van der Waals surface area contributed by atoms with E-state index < -0.39 is 0 Å². The third-order valence-electron chi connectivity index (χ3n) is 1.84. The van der Waals surface area contributed by atoms with E-state index in [2.05, 4.69) is 16.5 Å². The highest BCUT2D eigenvalue weighted by Gasteiger charge is 1.97. The largest absolute Gasteiger partial charge is 0.337 e. The summed E-state index contributed by atoms with van der Waals surface area (Å²) >= 11 is 0. The molecule has 1 heterocycles. The third kappa shape index (κ3) is 2.72. The molecule has 0 amide bonds. The predicted octanol–water partition coefficient (Wildman–Crippen LogP) is 1.01. The van der Waals surface area contributed by atoms with Crippen molar-refractivity contribution < 1.29 is 0 Å². The Hall–Kier alpha value is -0.830. The average molecular weight is 153 g/mol. The zero-order valence-corrected chi connectivity index (χ0v) is 6.90. The summed E-state index contributed by atoms with van der Waals surface area (Å²) in [4.78, 5) is 3.95. The normalized spacial score (nSPS) is 13.3. The first-order valence-corrected chi connectivity index (χ1v) is 4.04. The van der Waals surface area contributed by atoms with Gasteiger partial charge in [-0.1, -0.05) is 6.92 Å². The van der Waals surface area contributed by atoms with Crippen LogP contribution in [-0.4, -0.2) is 15.6 Å². The number of hydrogen-bond acceptors (Lipinski definition) is 2. The van der Waals surface area contributed by atoms with Gasteiger partial charge in [0.1, 0.15) is 0 Å². The van der Waals surface area contributed by atoms with Gasteiger partial charge in [0, 0.05) is 25.0 Å². The van der Waals surface area contributed by atoms with Crippen molar-refractivity contribution in [3.05, 3.63) is 18.7 Å². The quantitative estimate of drug-likeness (QED) is 0.701. The molecule has 0 spiro atoms. The van der Waals surface area contributed by atoms with Crippen molar-refractivity contribution in [2.45, 2.75) is 32.4 Å². The van der Waals surface area contributed by atoms with E-state index in [1.807, 2.05) is 12.5 Å². The van der Waals surface area contributed by atoms with Gasteiger partial charge < -0.3 is 10.3 Å². The summed E-state index contributed by atoms with van der Waals surface area (Å²) in [6, 6.07) is 0.331. The van der Waals surface area contributed by atoms with Crippen molar-refractivity contribution in [1.82, 2.24) is 9.55 Å². The van der Waals surface area contributed by atoms with Crippen LogP contribution in [0.4, 0.5) is 0 Å². The Kier molecular flexibility index (Phi) is 3.11. The zero-order chi connectivity index (χ0) is 8.10. The molecule has 3 nitrogen and oxygen atoms in total. The van der Waals surface area contributed by atoms with E-state index in [0.717, 1.165) is 19.4 Å². The molecule has 0 saturated carbocycles. The van der Waals surface area contributed by atoms with E-state index >= 15 is 0 Å². The van der Waals surface area contributed by atoms with Crippen LogP contribution in [0.2, 0.25) is 0 Å². The van der Waals surface area contributed by atoms with E-state index in [-0.39, 0.29) is 0 Å². The maximum atomic E-state index is 5.76. The number of hydrogen-bond donors (Lipinski definition) is 1. The Morgan fingerprint density at radius 1 is 1.64 bits per heavy atom. The first-order valence-electron chi connectivity index (χ1n) is 4.04. The molecule has 62 valence electrons. The molecule has 1 atom stereocenters. The van der Waals surface area contributed by atoms with Gasteiger partial charge in [0.15, 0.2) is 0 Å². The second kappa shape index (κ2) is 4.13. The third-order valence-corrected chi connectivity index (χ3v) is 1.84. The molecule has 1 aromatic heterocycles. The van der Waals surface area contributed by atoms with Crippen molar-refractivity contribution in [3.8, 4) is 0 Å². The molecule has 0 aromatic carbocycles. The van der Waals surface area contributed by atoms with Crippen LogP contribution in [-0.2, 0) is 6.54 Å². The second-order valence-electron chi connectivity index (χ2n) is 2.76. The second-order valence-corrected chi connectivity index (χ2v) is 2.76. The van der Waals surface area contributed by atoms with Gasteiger partial charge in [0.05, 0.1) is 6.33 Å². The molecule has 2 N–H and O–H groups in total. The summed E-state index contributed by atoms with van der Waals surface area (Å²) < 4.78 is 2.05. The molecule has 0 radical (unpaired) electrons. The lowest BCUT2D eigenvalue weighted by Crippen LogP contribution is -2.20. The SMILES string of the molecule is CCC(N)CCn1ccnc1. The first kappa shape index (κ1) is 8.27. The lowest BCUT2D eigenvalue weighted by atomic mass is 10.2. The van der Waals surface area contributed by atoms with Gasteiger partial charge in [-0.2, -0.15) is 0 Å². The van der Waals surface area contributed by atoms with Crippen molar-refractivity contribution in [1.29, 1.82) is 0 Å². The van der Waals surface area contributed by atoms with Crippen LogP contribution in [0.3, 0.4) is 0 Å². The van der Waals surface area contributed by atoms with Crippen LogP contribution >= 0.6 is 0 Å². The van der Waals surface area contributed by atoms with Gasteiger partial charge in [0.2, 0.25) is 0 Å². The van der Waals surface area contributed by atoms with E-state index in [0.29, 0.717) is 6.04 Å². The molecule has 3 heteroatoms. The van der Waals surface area contributed by atoms with Crippen LogP contribution in [0.5, 0.6) is 0 Å². The predicted molar refractivity (Wildman–Crippen MR) is 45.1 cm³/mol. The fraction of sp³-hybridized carbons (Fsp3) is 0.625. The van der Waals surface area contributed by atoms with Gasteiger partial charge in [-0.3, -0.25) is 0 Å². The van der Waals surface area contributed by atoms with Crippen LogP contribution < -0.4 is 5.73 Å². The van der Waals surface area contributed by atoms with Gasteiger partial charge in [0.25, 0.3) is 0 Å². The van der Waals surface area contributed by atoms with Crippen LogP contribution in [0.15, 0.2) is 18.7 Å². The summed E-state index contributed by atoms with van der Waals surface area (Å²) in [6.07, 6.45) is 7.66. The topological polar surface area (TPSA) is 43.8 Å². The monoisotopic (exact) mass is 153 g/mol. The molecule has 11 heavy (non-hydrogen) atoms. The molecular weight excluding hydrogens is 138 g/mol. The number of nitrogens with zero attached hydrogens (tertiary/aromatic N) is 2. The Morgan fingerprint density at radius 3 is 3.00 bits per heavy atom. The van der Waals surface area contributed by atoms with E-state index in [4.69, 9.17) is 5.73 Å². The lowest BCUT2D eigenvalue weighted by molar-refractivity contribution is 0.530. The highest BCUT2D eigenvalue weighted by atomic mass is 15.0. The van der Waals surface area contributed by atoms with E-state index in [1.54, 1.807) is 6.20 Å². The number of aryl methyl sites for hydroxylation is 1. The fourth-order valence-electron chi connectivity index (χ4n) is 0.938. The summed E-state index contributed by atoms with van der Waals surface area (Å²) in [7, 11) is 0. The Labute approximate surface area is 67.2 Å². The van der Waals surface area contributed by atoms with Gasteiger partial charge in [-0.25, -0.2) is 4.98 Å². The molecular formula is C8H15N3. The lowest BCUT2D eigenvalue weighted by Gasteiger charge is -2.07. The molecule has 0 bridgehead atoms. The van der Waals surface area contributed by atoms with Crippen LogP contribution in [0.25, 0.3) is 0 Å². The molecule has 1 unspecified atom stereocenters. The molecule has 0 aliphatic heterocycles. The minimum Gasteiger partial charge on any atom is -0.337 e. The number of imidazole rings is 1. The van der Waals surface area contributed by atoms with Crippen molar-refractivity contribution >= 4 is 0 Å².